The molecule has 0 fully saturated rings. The number of hydrogen-bond donors (Lipinski definition) is 2. The molecule has 0 aromatic carbocycles. The first-order valence-electron chi connectivity index (χ1n) is 6.91. The minimum Gasteiger partial charge on any atom is -0.295 e. The van der Waals surface area contributed by atoms with E-state index in [0.29, 0.717) is 11.0 Å². The maximum Gasteiger partial charge on any atom is 0.234 e. The first-order valence-corrected chi connectivity index (χ1v) is 8.44. The average molecular weight is 406 g/mol. The van der Waals surface area contributed by atoms with Crippen molar-refractivity contribution in [1.29, 1.82) is 0 Å². The van der Waals surface area contributed by atoms with E-state index in [-0.39, 0.29) is 23.9 Å². The van der Waals surface area contributed by atoms with Crippen molar-refractivity contribution in [3.63, 3.8) is 0 Å². The molecule has 0 heterocycles. The fraction of sp³-hybridized carbons (Fsp3) is 0.533. The molecule has 0 aromatic heterocycles. The molecule has 0 saturated carbocycles. The van der Waals surface area contributed by atoms with Gasteiger partial charge in [-0.15, -0.1) is 0 Å². The van der Waals surface area contributed by atoms with Crippen LogP contribution < -0.4 is 10.9 Å². The predicted octanol–water partition coefficient (Wildman–Crippen LogP) is 2.61. The minimum atomic E-state index is -0.135. The predicted molar refractivity (Wildman–Crippen MR) is 91.8 cm³/mol. The van der Waals surface area contributed by atoms with Gasteiger partial charge in [0.15, 0.2) is 11.6 Å². The van der Waals surface area contributed by atoms with Gasteiger partial charge in [0.05, 0.1) is 4.55 Å². The van der Waals surface area contributed by atoms with E-state index in [9.17, 15) is 14.4 Å². The van der Waals surface area contributed by atoms with Gasteiger partial charge in [-0.2, -0.15) is 0 Å². The topological polar surface area (TPSA) is 75.3 Å². The van der Waals surface area contributed by atoms with E-state index < -0.39 is 0 Å². The first kappa shape index (κ1) is 20.0. The van der Waals surface area contributed by atoms with E-state index in [2.05, 4.69) is 40.0 Å². The number of hydrazine groups is 1. The number of hydrogen-bond acceptors (Lipinski definition) is 4. The summed E-state index contributed by atoms with van der Waals surface area (Å²) in [5.74, 6) is -0.237. The van der Waals surface area contributed by atoms with Crippen molar-refractivity contribution in [2.75, 3.05) is 4.55 Å². The SMILES string of the molecule is C=C(CCCCCC(=O)NNCI)CC(=O)/C=C\C(C)=O. The van der Waals surface area contributed by atoms with Gasteiger partial charge in [0.1, 0.15) is 0 Å². The summed E-state index contributed by atoms with van der Waals surface area (Å²) in [6.45, 7) is 5.27. The lowest BCUT2D eigenvalue weighted by Gasteiger charge is -2.05. The molecule has 0 unspecified atom stereocenters. The Labute approximate surface area is 139 Å². The molecule has 5 nitrogen and oxygen atoms in total. The molecule has 118 valence electrons. The van der Waals surface area contributed by atoms with Crippen molar-refractivity contribution in [2.45, 2.75) is 45.4 Å². The van der Waals surface area contributed by atoms with Crippen LogP contribution in [0.5, 0.6) is 0 Å². The largest absolute Gasteiger partial charge is 0.295 e. The Bertz CT molecular complexity index is 406. The van der Waals surface area contributed by atoms with Gasteiger partial charge in [0.2, 0.25) is 5.91 Å². The number of unbranched alkanes of at least 4 members (excludes halogenated alkanes) is 2. The second-order valence-electron chi connectivity index (χ2n) is 4.76. The molecule has 6 heteroatoms. The molecular weight excluding hydrogens is 383 g/mol. The second kappa shape index (κ2) is 12.7. The van der Waals surface area contributed by atoms with Gasteiger partial charge in [-0.1, -0.05) is 41.2 Å². The second-order valence-corrected chi connectivity index (χ2v) is 5.52. The van der Waals surface area contributed by atoms with Gasteiger partial charge in [-0.3, -0.25) is 19.8 Å². The molecule has 21 heavy (non-hydrogen) atoms. The lowest BCUT2D eigenvalue weighted by molar-refractivity contribution is -0.122. The average Bonchev–Trinajstić information content (AvgIpc) is 2.42. The van der Waals surface area contributed by atoms with Gasteiger partial charge in [-0.05, 0) is 38.3 Å². The Morgan fingerprint density at radius 2 is 1.76 bits per heavy atom. The number of alkyl halides is 1. The van der Waals surface area contributed by atoms with E-state index in [1.165, 1.54) is 19.1 Å². The Balaban J connectivity index is 3.64. The summed E-state index contributed by atoms with van der Waals surface area (Å²) in [6, 6.07) is 0. The lowest BCUT2D eigenvalue weighted by atomic mass is 10.0. The molecule has 0 aromatic rings. The zero-order valence-corrected chi connectivity index (χ0v) is 14.6. The van der Waals surface area contributed by atoms with E-state index >= 15 is 0 Å². The standard InChI is InChI=1S/C15H23IN2O3/c1-12(10-14(20)9-8-13(2)19)6-4-3-5-7-15(21)18-17-11-16/h8-9,17H,1,3-7,10-11H2,2H3,(H,18,21)/b9-8-. The highest BCUT2D eigenvalue weighted by Gasteiger charge is 2.03. The van der Waals surface area contributed by atoms with Crippen LogP contribution in [0, 0.1) is 0 Å². The van der Waals surface area contributed by atoms with Crippen LogP contribution in [-0.2, 0) is 14.4 Å². The highest BCUT2D eigenvalue weighted by molar-refractivity contribution is 14.1. The molecule has 2 N–H and O–H groups in total. The molecule has 0 spiro atoms. The maximum atomic E-state index is 11.5. The zero-order chi connectivity index (χ0) is 16.1. The van der Waals surface area contributed by atoms with Crippen LogP contribution in [0.2, 0.25) is 0 Å². The molecule has 0 aliphatic carbocycles. The van der Waals surface area contributed by atoms with Crippen LogP contribution in [0.25, 0.3) is 0 Å². The quantitative estimate of drug-likeness (QED) is 0.0994. The van der Waals surface area contributed by atoms with Crippen molar-refractivity contribution in [3.8, 4) is 0 Å². The molecule has 0 atom stereocenters. The van der Waals surface area contributed by atoms with E-state index in [1.807, 2.05) is 0 Å². The van der Waals surface area contributed by atoms with Gasteiger partial charge in [0.25, 0.3) is 0 Å². The van der Waals surface area contributed by atoms with Crippen LogP contribution in [-0.4, -0.2) is 22.0 Å². The Morgan fingerprint density at radius 1 is 1.10 bits per heavy atom. The normalized spacial score (nSPS) is 10.6. The molecule has 0 aliphatic heterocycles. The van der Waals surface area contributed by atoms with Crippen molar-refractivity contribution in [3.05, 3.63) is 24.3 Å². The molecule has 0 rings (SSSR count). The minimum absolute atomic E-state index is 0.00459. The third kappa shape index (κ3) is 13.7. The van der Waals surface area contributed by atoms with Gasteiger partial charge in [0, 0.05) is 12.8 Å². The molecular formula is C15H23IN2O3. The highest BCUT2D eigenvalue weighted by atomic mass is 127. The van der Waals surface area contributed by atoms with Gasteiger partial charge in [-0.25, -0.2) is 5.43 Å². The third-order valence-corrected chi connectivity index (χ3v) is 3.04. The Morgan fingerprint density at radius 3 is 2.38 bits per heavy atom. The number of ketones is 2. The van der Waals surface area contributed by atoms with E-state index in [4.69, 9.17) is 0 Å². The monoisotopic (exact) mass is 406 g/mol. The number of carbonyl (C=O) groups excluding carboxylic acids is 3. The van der Waals surface area contributed by atoms with Gasteiger partial charge < -0.3 is 0 Å². The molecule has 0 bridgehead atoms. The summed E-state index contributed by atoms with van der Waals surface area (Å²) in [7, 11) is 0. The number of rotatable bonds is 12. The summed E-state index contributed by atoms with van der Waals surface area (Å²) < 4.78 is 0.676. The molecule has 0 radical (unpaired) electrons. The number of nitrogens with one attached hydrogen (secondary N) is 2. The molecule has 1 amide bonds. The van der Waals surface area contributed by atoms with Crippen molar-refractivity contribution in [1.82, 2.24) is 10.9 Å². The van der Waals surface area contributed by atoms with Crippen molar-refractivity contribution >= 4 is 40.1 Å². The van der Waals surface area contributed by atoms with Crippen LogP contribution >= 0.6 is 22.6 Å². The van der Waals surface area contributed by atoms with Crippen molar-refractivity contribution < 1.29 is 14.4 Å². The maximum absolute atomic E-state index is 11.5. The number of halogens is 1. The summed E-state index contributed by atoms with van der Waals surface area (Å²) in [5, 5.41) is 0. The van der Waals surface area contributed by atoms with Crippen LogP contribution in [0.4, 0.5) is 0 Å². The first-order chi connectivity index (χ1) is 9.95. The molecule has 0 saturated heterocycles. The third-order valence-electron chi connectivity index (χ3n) is 2.66. The number of carbonyl (C=O) groups is 3. The lowest BCUT2D eigenvalue weighted by Crippen LogP contribution is -2.35. The highest BCUT2D eigenvalue weighted by Crippen LogP contribution is 2.12. The van der Waals surface area contributed by atoms with E-state index in [1.54, 1.807) is 0 Å². The van der Waals surface area contributed by atoms with E-state index in [0.717, 1.165) is 31.3 Å². The zero-order valence-electron chi connectivity index (χ0n) is 12.4. The van der Waals surface area contributed by atoms with Crippen LogP contribution in [0.15, 0.2) is 24.3 Å². The van der Waals surface area contributed by atoms with Gasteiger partial charge >= 0.3 is 0 Å². The summed E-state index contributed by atoms with van der Waals surface area (Å²) in [6.07, 6.45) is 6.79. The Kier molecular flexibility index (Phi) is 12.1. The summed E-state index contributed by atoms with van der Waals surface area (Å²) >= 11 is 2.11. The smallest absolute Gasteiger partial charge is 0.234 e. The van der Waals surface area contributed by atoms with Crippen LogP contribution in [0.1, 0.15) is 45.4 Å². The summed E-state index contributed by atoms with van der Waals surface area (Å²) in [5.41, 5.74) is 6.21. The molecule has 0 aliphatic rings. The Hall–Kier alpha value is -1.02. The van der Waals surface area contributed by atoms with Crippen molar-refractivity contribution in [2.24, 2.45) is 0 Å². The fourth-order valence-corrected chi connectivity index (χ4v) is 1.83. The number of allylic oxidation sites excluding steroid dienone is 3. The number of amides is 1. The van der Waals surface area contributed by atoms with Crippen LogP contribution in [0.3, 0.4) is 0 Å². The fourth-order valence-electron chi connectivity index (χ4n) is 1.64. The summed E-state index contributed by atoms with van der Waals surface area (Å²) in [4.78, 5) is 33.5.